The average Bonchev–Trinajstić information content (AvgIpc) is 2.98. The molecular weight excluding hydrogens is 532 g/mol. The number of nitrogens with one attached hydrogen (secondary N) is 2. The second-order valence-corrected chi connectivity index (χ2v) is 9.80. The van der Waals surface area contributed by atoms with Crippen LogP contribution in [0, 0.1) is 0 Å². The number of carbonyl (C=O) groups is 2. The maximum atomic E-state index is 12.8. The molecular formula is C32H38N6O4. The van der Waals surface area contributed by atoms with E-state index in [4.69, 9.17) is 20.9 Å². The first-order valence-electron chi connectivity index (χ1n) is 14.1. The van der Waals surface area contributed by atoms with Crippen molar-refractivity contribution in [1.82, 2.24) is 15.3 Å². The van der Waals surface area contributed by atoms with Crippen LogP contribution in [0.1, 0.15) is 43.0 Å². The third kappa shape index (κ3) is 7.32. The molecule has 4 rings (SSSR count). The number of aromatic nitrogens is 2. The highest BCUT2D eigenvalue weighted by Gasteiger charge is 2.19. The van der Waals surface area contributed by atoms with Crippen molar-refractivity contribution in [2.75, 3.05) is 18.5 Å². The molecule has 2 amide bonds. The molecule has 6 N–H and O–H groups in total. The summed E-state index contributed by atoms with van der Waals surface area (Å²) in [7, 11) is 0. The molecule has 10 nitrogen and oxygen atoms in total. The first kappa shape index (κ1) is 30.3. The number of amides is 2. The van der Waals surface area contributed by atoms with Crippen molar-refractivity contribution in [2.45, 2.75) is 52.6 Å². The van der Waals surface area contributed by atoms with Crippen LogP contribution in [0.4, 0.5) is 11.4 Å². The Labute approximate surface area is 245 Å². The topological polar surface area (TPSA) is 154 Å². The number of primary amides is 1. The van der Waals surface area contributed by atoms with Crippen molar-refractivity contribution >= 4 is 34.1 Å². The molecule has 0 fully saturated rings. The summed E-state index contributed by atoms with van der Waals surface area (Å²) in [6.45, 7) is 7.12. The Morgan fingerprint density at radius 2 is 1.74 bits per heavy atom. The van der Waals surface area contributed by atoms with Crippen molar-refractivity contribution in [2.24, 2.45) is 11.5 Å². The molecule has 0 saturated heterocycles. The third-order valence-electron chi connectivity index (χ3n) is 6.83. The second kappa shape index (κ2) is 14.3. The number of ether oxygens (including phenoxy) is 2. The van der Waals surface area contributed by atoms with E-state index in [1.54, 1.807) is 18.6 Å². The third-order valence-corrected chi connectivity index (χ3v) is 6.83. The minimum Gasteiger partial charge on any atom is -0.490 e. The molecule has 2 heterocycles. The number of benzene rings is 2. The fraction of sp³-hybridized carbons (Fsp3) is 0.312. The summed E-state index contributed by atoms with van der Waals surface area (Å²) in [5.41, 5.74) is 17.5. The predicted molar refractivity (Wildman–Crippen MR) is 164 cm³/mol. The molecule has 42 heavy (non-hydrogen) atoms. The van der Waals surface area contributed by atoms with Crippen LogP contribution in [0.25, 0.3) is 10.9 Å². The van der Waals surface area contributed by atoms with Crippen molar-refractivity contribution in [3.05, 3.63) is 83.3 Å². The SMILES string of the molecule is CCOc1cc2ncc(CC(N)=O)c(Nc3cccc(CNC(=O)[C@@H](N)Cc4cccnc4)c3CC)c2cc1OCC. The van der Waals surface area contributed by atoms with Gasteiger partial charge in [0.2, 0.25) is 11.8 Å². The number of nitrogens with two attached hydrogens (primary N) is 2. The van der Waals surface area contributed by atoms with E-state index in [2.05, 4.69) is 27.5 Å². The van der Waals surface area contributed by atoms with E-state index in [1.807, 2.05) is 56.3 Å². The highest BCUT2D eigenvalue weighted by atomic mass is 16.5. The molecule has 1 atom stereocenters. The van der Waals surface area contributed by atoms with E-state index in [0.29, 0.717) is 60.9 Å². The number of pyridine rings is 2. The Hall–Kier alpha value is -4.70. The zero-order valence-electron chi connectivity index (χ0n) is 24.3. The molecule has 220 valence electrons. The largest absolute Gasteiger partial charge is 0.490 e. The zero-order valence-corrected chi connectivity index (χ0v) is 24.3. The number of carbonyl (C=O) groups excluding carboxylic acids is 2. The lowest BCUT2D eigenvalue weighted by atomic mass is 10.0. The molecule has 4 aromatic rings. The van der Waals surface area contributed by atoms with Crippen LogP contribution in [-0.4, -0.2) is 41.0 Å². The van der Waals surface area contributed by atoms with Gasteiger partial charge in [0.15, 0.2) is 11.5 Å². The van der Waals surface area contributed by atoms with Crippen LogP contribution in [0.15, 0.2) is 61.1 Å². The first-order valence-corrected chi connectivity index (χ1v) is 14.1. The molecule has 0 bridgehead atoms. The van der Waals surface area contributed by atoms with E-state index in [-0.39, 0.29) is 12.3 Å². The minimum atomic E-state index is -0.693. The quantitative estimate of drug-likeness (QED) is 0.178. The van der Waals surface area contributed by atoms with Crippen LogP contribution in [0.3, 0.4) is 0 Å². The number of hydrogen-bond acceptors (Lipinski definition) is 8. The van der Waals surface area contributed by atoms with Gasteiger partial charge in [-0.1, -0.05) is 25.1 Å². The fourth-order valence-electron chi connectivity index (χ4n) is 4.90. The average molecular weight is 571 g/mol. The number of fused-ring (bicyclic) bond motifs is 1. The van der Waals surface area contributed by atoms with E-state index in [0.717, 1.165) is 27.8 Å². The lowest BCUT2D eigenvalue weighted by Crippen LogP contribution is -2.41. The number of rotatable bonds is 14. The molecule has 10 heteroatoms. The van der Waals surface area contributed by atoms with Gasteiger partial charge in [-0.05, 0) is 61.6 Å². The van der Waals surface area contributed by atoms with E-state index in [9.17, 15) is 9.59 Å². The van der Waals surface area contributed by atoms with Gasteiger partial charge in [-0.2, -0.15) is 0 Å². The van der Waals surface area contributed by atoms with Crippen LogP contribution < -0.4 is 31.6 Å². The molecule has 0 spiro atoms. The summed E-state index contributed by atoms with van der Waals surface area (Å²) in [4.78, 5) is 33.5. The Morgan fingerprint density at radius 3 is 2.40 bits per heavy atom. The molecule has 0 aliphatic carbocycles. The lowest BCUT2D eigenvalue weighted by Gasteiger charge is -2.20. The molecule has 0 saturated carbocycles. The predicted octanol–water partition coefficient (Wildman–Crippen LogP) is 3.95. The minimum absolute atomic E-state index is 0.00841. The number of anilines is 2. The van der Waals surface area contributed by atoms with Gasteiger partial charge in [-0.3, -0.25) is 19.6 Å². The van der Waals surface area contributed by atoms with Crippen molar-refractivity contribution in [3.8, 4) is 11.5 Å². The monoisotopic (exact) mass is 570 g/mol. The number of hydrogen-bond donors (Lipinski definition) is 4. The summed E-state index contributed by atoms with van der Waals surface area (Å²) in [6.07, 6.45) is 6.16. The van der Waals surface area contributed by atoms with Gasteiger partial charge in [0.25, 0.3) is 0 Å². The maximum absolute atomic E-state index is 12.8. The van der Waals surface area contributed by atoms with E-state index in [1.165, 1.54) is 0 Å². The highest BCUT2D eigenvalue weighted by molar-refractivity contribution is 5.98. The zero-order chi connectivity index (χ0) is 30.1. The van der Waals surface area contributed by atoms with Gasteiger partial charge in [0, 0.05) is 47.8 Å². The van der Waals surface area contributed by atoms with E-state index >= 15 is 0 Å². The van der Waals surface area contributed by atoms with Gasteiger partial charge in [-0.25, -0.2) is 0 Å². The number of nitrogens with zero attached hydrogens (tertiary/aromatic N) is 2. The highest BCUT2D eigenvalue weighted by Crippen LogP contribution is 2.38. The lowest BCUT2D eigenvalue weighted by molar-refractivity contribution is -0.122. The summed E-state index contributed by atoms with van der Waals surface area (Å²) in [5.74, 6) is 0.478. The van der Waals surface area contributed by atoms with Crippen LogP contribution in [0.5, 0.6) is 11.5 Å². The standard InChI is InChI=1S/C32H38N6O4/c1-4-23-21(18-37-32(40)25(33)13-20-9-8-12-35-17-20)10-7-11-26(23)38-31-22(14-30(34)39)19-36-27-16-29(42-6-3)28(41-5-2)15-24(27)31/h7-12,15-17,19,25H,4-6,13-14,18,33H2,1-3H3,(H2,34,39)(H,36,38)(H,37,40)/t25-/m0/s1. The molecule has 0 unspecified atom stereocenters. The summed E-state index contributed by atoms with van der Waals surface area (Å²) in [6, 6.07) is 12.6. The maximum Gasteiger partial charge on any atom is 0.237 e. The van der Waals surface area contributed by atoms with Crippen molar-refractivity contribution in [3.63, 3.8) is 0 Å². The Bertz CT molecular complexity index is 1540. The Morgan fingerprint density at radius 1 is 0.976 bits per heavy atom. The summed E-state index contributed by atoms with van der Waals surface area (Å²) < 4.78 is 11.7. The van der Waals surface area contributed by atoms with Gasteiger partial charge < -0.3 is 31.6 Å². The summed E-state index contributed by atoms with van der Waals surface area (Å²) in [5, 5.41) is 7.30. The second-order valence-electron chi connectivity index (χ2n) is 9.80. The van der Waals surface area contributed by atoms with Crippen LogP contribution >= 0.6 is 0 Å². The van der Waals surface area contributed by atoms with Gasteiger partial charge in [0.05, 0.1) is 36.9 Å². The molecule has 0 aliphatic rings. The van der Waals surface area contributed by atoms with E-state index < -0.39 is 11.9 Å². The Balaban J connectivity index is 1.65. The van der Waals surface area contributed by atoms with Gasteiger partial charge in [-0.15, -0.1) is 0 Å². The van der Waals surface area contributed by atoms with Gasteiger partial charge in [0.1, 0.15) is 0 Å². The van der Waals surface area contributed by atoms with Crippen LogP contribution in [0.2, 0.25) is 0 Å². The van der Waals surface area contributed by atoms with Crippen molar-refractivity contribution < 1.29 is 19.1 Å². The normalized spacial score (nSPS) is 11.6. The van der Waals surface area contributed by atoms with Crippen molar-refractivity contribution in [1.29, 1.82) is 0 Å². The van der Waals surface area contributed by atoms with Gasteiger partial charge >= 0.3 is 0 Å². The molecule has 0 aliphatic heterocycles. The Kier molecular flexibility index (Phi) is 10.3. The molecule has 0 radical (unpaired) electrons. The molecule has 2 aromatic carbocycles. The first-order chi connectivity index (χ1) is 20.3. The fourth-order valence-corrected chi connectivity index (χ4v) is 4.90. The van der Waals surface area contributed by atoms with Crippen LogP contribution in [-0.2, 0) is 35.4 Å². The smallest absolute Gasteiger partial charge is 0.237 e. The summed E-state index contributed by atoms with van der Waals surface area (Å²) >= 11 is 0. The molecule has 2 aromatic heterocycles.